The smallest absolute Gasteiger partial charge is 0.290 e. The zero-order valence-corrected chi connectivity index (χ0v) is 12.3. The zero-order valence-electron chi connectivity index (χ0n) is 10.8. The molecule has 6 nitrogen and oxygen atoms in total. The predicted octanol–water partition coefficient (Wildman–Crippen LogP) is 3.86. The maximum Gasteiger partial charge on any atom is 0.290 e. The van der Waals surface area contributed by atoms with Crippen LogP contribution < -0.4 is 5.32 Å². The summed E-state index contributed by atoms with van der Waals surface area (Å²) in [6.45, 7) is 1.78. The summed E-state index contributed by atoms with van der Waals surface area (Å²) in [7, 11) is 0. The van der Waals surface area contributed by atoms with E-state index in [1.54, 1.807) is 19.2 Å². The fourth-order valence-corrected chi connectivity index (χ4v) is 2.04. The Kier molecular flexibility index (Phi) is 4.40. The lowest BCUT2D eigenvalue weighted by Gasteiger charge is -2.08. The van der Waals surface area contributed by atoms with Gasteiger partial charge in [0.15, 0.2) is 0 Å². The van der Waals surface area contributed by atoms with Crippen molar-refractivity contribution in [2.24, 2.45) is 0 Å². The van der Waals surface area contributed by atoms with Crippen LogP contribution >= 0.6 is 23.2 Å². The highest BCUT2D eigenvalue weighted by atomic mass is 35.5. The molecule has 0 unspecified atom stereocenters. The molecule has 1 aromatic carbocycles. The van der Waals surface area contributed by atoms with Crippen LogP contribution in [0.3, 0.4) is 0 Å². The largest absolute Gasteiger partial charge is 0.322 e. The van der Waals surface area contributed by atoms with Crippen LogP contribution in [-0.2, 0) is 0 Å². The first-order valence-electron chi connectivity index (χ1n) is 5.75. The number of anilines is 1. The molecular formula is C13H9Cl2N3O3. The van der Waals surface area contributed by atoms with E-state index < -0.39 is 16.5 Å². The Balaban J connectivity index is 2.36. The molecule has 8 heteroatoms. The van der Waals surface area contributed by atoms with E-state index in [1.165, 1.54) is 12.3 Å². The Hall–Kier alpha value is -2.18. The van der Waals surface area contributed by atoms with Crippen LogP contribution in [0.1, 0.15) is 15.9 Å². The Morgan fingerprint density at radius 1 is 1.38 bits per heavy atom. The minimum atomic E-state index is -0.692. The number of hydrogen-bond acceptors (Lipinski definition) is 4. The van der Waals surface area contributed by atoms with Gasteiger partial charge in [-0.15, -0.1) is 0 Å². The summed E-state index contributed by atoms with van der Waals surface area (Å²) in [6, 6.07) is 3.99. The van der Waals surface area contributed by atoms with Crippen LogP contribution in [0.15, 0.2) is 30.6 Å². The van der Waals surface area contributed by atoms with Crippen molar-refractivity contribution in [1.29, 1.82) is 0 Å². The van der Waals surface area contributed by atoms with Gasteiger partial charge in [-0.3, -0.25) is 19.9 Å². The third-order valence-corrected chi connectivity index (χ3v) is 3.53. The standard InChI is InChI=1S/C13H9Cl2N3O3/c1-7-6-16-3-2-10(7)17-13(19)8-4-9(14)12(15)11(5-8)18(20)21/h2-6H,1H3,(H,16,17,19). The van der Waals surface area contributed by atoms with Crippen LogP contribution in [0.5, 0.6) is 0 Å². The molecule has 0 fully saturated rings. The van der Waals surface area contributed by atoms with Gasteiger partial charge in [0, 0.05) is 29.7 Å². The normalized spacial score (nSPS) is 10.2. The summed E-state index contributed by atoms with van der Waals surface area (Å²) >= 11 is 11.6. The molecule has 1 heterocycles. The average Bonchev–Trinajstić information content (AvgIpc) is 2.43. The quantitative estimate of drug-likeness (QED) is 0.685. The highest BCUT2D eigenvalue weighted by Gasteiger charge is 2.20. The molecule has 0 aliphatic heterocycles. The van der Waals surface area contributed by atoms with E-state index in [0.29, 0.717) is 5.69 Å². The third kappa shape index (κ3) is 3.29. The SMILES string of the molecule is Cc1cnccc1NC(=O)c1cc(Cl)c(Cl)c([N+](=O)[O-])c1. The molecule has 1 amide bonds. The van der Waals surface area contributed by atoms with Crippen molar-refractivity contribution in [2.75, 3.05) is 5.32 Å². The molecule has 2 aromatic rings. The monoisotopic (exact) mass is 325 g/mol. The topological polar surface area (TPSA) is 85.1 Å². The van der Waals surface area contributed by atoms with Crippen LogP contribution in [0.2, 0.25) is 10.0 Å². The molecule has 1 aromatic heterocycles. The number of halogens is 2. The number of rotatable bonds is 3. The van der Waals surface area contributed by atoms with Crippen molar-refractivity contribution in [3.05, 3.63) is 61.9 Å². The molecule has 0 atom stereocenters. The van der Waals surface area contributed by atoms with E-state index in [1.807, 2.05) is 0 Å². The molecule has 108 valence electrons. The molecule has 0 aliphatic carbocycles. The molecule has 0 saturated heterocycles. The van der Waals surface area contributed by atoms with Crippen LogP contribution in [0, 0.1) is 17.0 Å². The van der Waals surface area contributed by atoms with E-state index in [2.05, 4.69) is 10.3 Å². The molecular weight excluding hydrogens is 317 g/mol. The molecule has 1 N–H and O–H groups in total. The number of aromatic nitrogens is 1. The highest BCUT2D eigenvalue weighted by molar-refractivity contribution is 6.43. The predicted molar refractivity (Wildman–Crippen MR) is 80.0 cm³/mol. The van der Waals surface area contributed by atoms with Gasteiger partial charge < -0.3 is 5.32 Å². The minimum Gasteiger partial charge on any atom is -0.322 e. The molecule has 0 aliphatic rings. The third-order valence-electron chi connectivity index (χ3n) is 2.74. The molecule has 21 heavy (non-hydrogen) atoms. The van der Waals surface area contributed by atoms with Gasteiger partial charge in [0.1, 0.15) is 5.02 Å². The number of benzene rings is 1. The summed E-state index contributed by atoms with van der Waals surface area (Å²) in [5.41, 5.74) is 0.956. The second kappa shape index (κ2) is 6.07. The summed E-state index contributed by atoms with van der Waals surface area (Å²) in [4.78, 5) is 26.2. The Labute approximate surface area is 129 Å². The number of nitro groups is 1. The molecule has 0 bridgehead atoms. The summed E-state index contributed by atoms with van der Waals surface area (Å²) in [6.07, 6.45) is 3.12. The molecule has 0 saturated carbocycles. The maximum absolute atomic E-state index is 12.1. The van der Waals surface area contributed by atoms with Crippen LogP contribution in [0.25, 0.3) is 0 Å². The van der Waals surface area contributed by atoms with E-state index in [4.69, 9.17) is 23.2 Å². The molecule has 0 radical (unpaired) electrons. The first-order valence-corrected chi connectivity index (χ1v) is 6.51. The number of nitro benzene ring substituents is 1. The average molecular weight is 326 g/mol. The lowest BCUT2D eigenvalue weighted by molar-refractivity contribution is -0.384. The number of nitrogens with zero attached hydrogens (tertiary/aromatic N) is 2. The highest BCUT2D eigenvalue weighted by Crippen LogP contribution is 2.33. The van der Waals surface area contributed by atoms with Gasteiger partial charge in [0.25, 0.3) is 11.6 Å². The number of carbonyl (C=O) groups is 1. The van der Waals surface area contributed by atoms with E-state index in [-0.39, 0.29) is 15.6 Å². The summed E-state index contributed by atoms with van der Waals surface area (Å²) in [5, 5.41) is 13.3. The summed E-state index contributed by atoms with van der Waals surface area (Å²) in [5.74, 6) is -0.522. The number of nitrogens with one attached hydrogen (secondary N) is 1. The van der Waals surface area contributed by atoms with Crippen molar-refractivity contribution in [2.45, 2.75) is 6.92 Å². The Morgan fingerprint density at radius 2 is 2.10 bits per heavy atom. The van der Waals surface area contributed by atoms with E-state index in [9.17, 15) is 14.9 Å². The second-order valence-corrected chi connectivity index (χ2v) is 4.98. The van der Waals surface area contributed by atoms with Gasteiger partial charge in [0.2, 0.25) is 0 Å². The van der Waals surface area contributed by atoms with Crippen molar-refractivity contribution < 1.29 is 9.72 Å². The number of hydrogen-bond donors (Lipinski definition) is 1. The van der Waals surface area contributed by atoms with Gasteiger partial charge in [-0.05, 0) is 24.6 Å². The second-order valence-electron chi connectivity index (χ2n) is 4.19. The summed E-state index contributed by atoms with van der Waals surface area (Å²) < 4.78 is 0. The zero-order chi connectivity index (χ0) is 15.6. The fourth-order valence-electron chi connectivity index (χ4n) is 1.65. The number of carbonyl (C=O) groups excluding carboxylic acids is 1. The van der Waals surface area contributed by atoms with Crippen LogP contribution in [-0.4, -0.2) is 15.8 Å². The first kappa shape index (κ1) is 15.2. The van der Waals surface area contributed by atoms with Gasteiger partial charge in [-0.2, -0.15) is 0 Å². The Bertz CT molecular complexity index is 735. The fraction of sp³-hybridized carbons (Fsp3) is 0.0769. The maximum atomic E-state index is 12.1. The molecule has 0 spiro atoms. The van der Waals surface area contributed by atoms with Gasteiger partial charge in [0.05, 0.1) is 9.95 Å². The van der Waals surface area contributed by atoms with Gasteiger partial charge in [-0.1, -0.05) is 23.2 Å². The number of pyridine rings is 1. The van der Waals surface area contributed by atoms with Crippen molar-refractivity contribution >= 4 is 40.5 Å². The van der Waals surface area contributed by atoms with Crippen molar-refractivity contribution in [1.82, 2.24) is 4.98 Å². The first-order chi connectivity index (χ1) is 9.90. The van der Waals surface area contributed by atoms with Crippen molar-refractivity contribution in [3.8, 4) is 0 Å². The minimum absolute atomic E-state index is 0.0484. The van der Waals surface area contributed by atoms with Gasteiger partial charge >= 0.3 is 0 Å². The van der Waals surface area contributed by atoms with Crippen molar-refractivity contribution in [3.63, 3.8) is 0 Å². The van der Waals surface area contributed by atoms with Crippen LogP contribution in [0.4, 0.5) is 11.4 Å². The lowest BCUT2D eigenvalue weighted by Crippen LogP contribution is -2.13. The molecule has 2 rings (SSSR count). The van der Waals surface area contributed by atoms with E-state index in [0.717, 1.165) is 11.6 Å². The Morgan fingerprint density at radius 3 is 2.71 bits per heavy atom. The number of aryl methyl sites for hydroxylation is 1. The number of amides is 1. The lowest BCUT2D eigenvalue weighted by atomic mass is 10.1. The van der Waals surface area contributed by atoms with Gasteiger partial charge in [-0.25, -0.2) is 0 Å². The van der Waals surface area contributed by atoms with E-state index >= 15 is 0 Å².